The Morgan fingerprint density at radius 3 is 2.40 bits per heavy atom. The highest BCUT2D eigenvalue weighted by molar-refractivity contribution is 5.99. The molecule has 0 spiro atoms. The van der Waals surface area contributed by atoms with Crippen molar-refractivity contribution in [1.29, 1.82) is 0 Å². The zero-order valence-corrected chi connectivity index (χ0v) is 12.1. The molecular weight excluding hydrogens is 248 g/mol. The Balaban J connectivity index is 2.18. The lowest BCUT2D eigenvalue weighted by Crippen LogP contribution is -2.27. The molecule has 0 aliphatic heterocycles. The van der Waals surface area contributed by atoms with Crippen molar-refractivity contribution in [2.45, 2.75) is 19.9 Å². The Bertz CT molecular complexity index is 607. The summed E-state index contributed by atoms with van der Waals surface area (Å²) in [5, 5.41) is 6.09. The molecule has 0 heterocycles. The molecule has 0 aliphatic carbocycles. The second kappa shape index (κ2) is 6.24. The minimum Gasteiger partial charge on any atom is -0.387 e. The summed E-state index contributed by atoms with van der Waals surface area (Å²) in [5.41, 5.74) is 3.82. The van der Waals surface area contributed by atoms with Crippen LogP contribution in [0.15, 0.2) is 48.5 Å². The fourth-order valence-electron chi connectivity index (χ4n) is 2.32. The van der Waals surface area contributed by atoms with Gasteiger partial charge < -0.3 is 10.6 Å². The van der Waals surface area contributed by atoms with Gasteiger partial charge in [0.05, 0.1) is 11.6 Å². The zero-order chi connectivity index (χ0) is 14.5. The van der Waals surface area contributed by atoms with Crippen LogP contribution in [0.5, 0.6) is 0 Å². The summed E-state index contributed by atoms with van der Waals surface area (Å²) >= 11 is 0. The molecule has 0 aliphatic rings. The molecule has 0 aromatic heterocycles. The fraction of sp³-hybridized carbons (Fsp3) is 0.235. The van der Waals surface area contributed by atoms with Crippen molar-refractivity contribution >= 4 is 11.6 Å². The molecule has 0 unspecified atom stereocenters. The largest absolute Gasteiger partial charge is 0.387 e. The Hall–Kier alpha value is -2.29. The number of para-hydroxylation sites is 1. The number of carbonyl (C=O) groups excluding carboxylic acids is 1. The van der Waals surface area contributed by atoms with Crippen LogP contribution in [0.3, 0.4) is 0 Å². The molecule has 0 saturated heterocycles. The third-order valence-corrected chi connectivity index (χ3v) is 3.44. The van der Waals surface area contributed by atoms with E-state index in [1.54, 1.807) is 0 Å². The average Bonchev–Trinajstić information content (AvgIpc) is 2.47. The van der Waals surface area contributed by atoms with E-state index in [2.05, 4.69) is 23.6 Å². The summed E-state index contributed by atoms with van der Waals surface area (Å²) in [6.07, 6.45) is 0. The third kappa shape index (κ3) is 2.99. The minimum absolute atomic E-state index is 0.0198. The van der Waals surface area contributed by atoms with Crippen molar-refractivity contribution in [1.82, 2.24) is 5.32 Å². The molecule has 2 aromatic carbocycles. The monoisotopic (exact) mass is 268 g/mol. The van der Waals surface area contributed by atoms with Crippen LogP contribution < -0.4 is 10.6 Å². The first kappa shape index (κ1) is 14.1. The number of nitrogens with one attached hydrogen (secondary N) is 2. The van der Waals surface area contributed by atoms with Crippen LogP contribution in [0, 0.1) is 6.92 Å². The molecule has 2 N–H and O–H groups in total. The lowest BCUT2D eigenvalue weighted by Gasteiger charge is -2.17. The summed E-state index contributed by atoms with van der Waals surface area (Å²) < 4.78 is 0. The van der Waals surface area contributed by atoms with E-state index >= 15 is 0 Å². The molecule has 0 bridgehead atoms. The summed E-state index contributed by atoms with van der Waals surface area (Å²) in [6, 6.07) is 15.6. The maximum Gasteiger partial charge on any atom is 0.253 e. The number of aryl methyl sites for hydroxylation is 1. The molecule has 0 radical (unpaired) electrons. The van der Waals surface area contributed by atoms with Gasteiger partial charge in [0, 0.05) is 12.7 Å². The van der Waals surface area contributed by atoms with Crippen molar-refractivity contribution < 1.29 is 4.79 Å². The number of benzene rings is 2. The van der Waals surface area contributed by atoms with E-state index < -0.39 is 0 Å². The Morgan fingerprint density at radius 1 is 1.05 bits per heavy atom. The summed E-state index contributed by atoms with van der Waals surface area (Å²) in [5.74, 6) is -0.0642. The average molecular weight is 268 g/mol. The van der Waals surface area contributed by atoms with Crippen molar-refractivity contribution in [3.8, 4) is 0 Å². The number of amides is 1. The second-order valence-electron chi connectivity index (χ2n) is 4.85. The minimum atomic E-state index is -0.0642. The number of anilines is 1. The number of carbonyl (C=O) groups is 1. The van der Waals surface area contributed by atoms with Crippen molar-refractivity contribution in [2.75, 3.05) is 12.4 Å². The number of hydrogen-bond acceptors (Lipinski definition) is 2. The molecule has 1 atom stereocenters. The van der Waals surface area contributed by atoms with Gasteiger partial charge in [-0.15, -0.1) is 0 Å². The lowest BCUT2D eigenvalue weighted by molar-refractivity contribution is 0.0940. The van der Waals surface area contributed by atoms with Crippen LogP contribution in [-0.4, -0.2) is 13.0 Å². The predicted molar refractivity (Wildman–Crippen MR) is 83.0 cm³/mol. The first-order valence-electron chi connectivity index (χ1n) is 6.76. The maximum atomic E-state index is 12.4. The highest BCUT2D eigenvalue weighted by Gasteiger charge is 2.14. The molecule has 0 fully saturated rings. The van der Waals surface area contributed by atoms with E-state index in [0.717, 1.165) is 11.3 Å². The van der Waals surface area contributed by atoms with Gasteiger partial charge in [-0.25, -0.2) is 0 Å². The van der Waals surface area contributed by atoms with Crippen molar-refractivity contribution in [3.63, 3.8) is 0 Å². The standard InChI is InChI=1S/C17H20N2O/c1-12-8-4-5-9-14(12)13(2)19-17(20)15-10-6-7-11-16(15)18-3/h4-11,13,18H,1-3H3,(H,19,20)/t13-/m1/s1. The molecule has 3 heteroatoms. The highest BCUT2D eigenvalue weighted by Crippen LogP contribution is 2.19. The van der Waals surface area contributed by atoms with E-state index in [9.17, 15) is 4.79 Å². The van der Waals surface area contributed by atoms with Crippen LogP contribution in [0.2, 0.25) is 0 Å². The van der Waals surface area contributed by atoms with Gasteiger partial charge in [0.2, 0.25) is 0 Å². The van der Waals surface area contributed by atoms with Gasteiger partial charge in [0.25, 0.3) is 5.91 Å². The second-order valence-corrected chi connectivity index (χ2v) is 4.85. The van der Waals surface area contributed by atoms with E-state index in [1.807, 2.05) is 56.4 Å². The SMILES string of the molecule is CNc1ccccc1C(=O)N[C@H](C)c1ccccc1C. The summed E-state index contributed by atoms with van der Waals surface area (Å²) in [6.45, 7) is 4.06. The molecular formula is C17H20N2O. The van der Waals surface area contributed by atoms with Crippen LogP contribution in [-0.2, 0) is 0 Å². The van der Waals surface area contributed by atoms with Crippen molar-refractivity contribution in [2.24, 2.45) is 0 Å². The van der Waals surface area contributed by atoms with E-state index in [0.29, 0.717) is 5.56 Å². The zero-order valence-electron chi connectivity index (χ0n) is 12.1. The normalized spacial score (nSPS) is 11.8. The van der Waals surface area contributed by atoms with Gasteiger partial charge in [0.15, 0.2) is 0 Å². The van der Waals surface area contributed by atoms with Gasteiger partial charge in [-0.1, -0.05) is 36.4 Å². The van der Waals surface area contributed by atoms with Crippen LogP contribution in [0.4, 0.5) is 5.69 Å². The third-order valence-electron chi connectivity index (χ3n) is 3.44. The smallest absolute Gasteiger partial charge is 0.253 e. The van der Waals surface area contributed by atoms with Crippen molar-refractivity contribution in [3.05, 3.63) is 65.2 Å². The topological polar surface area (TPSA) is 41.1 Å². The first-order valence-corrected chi connectivity index (χ1v) is 6.76. The van der Waals surface area contributed by atoms with E-state index in [4.69, 9.17) is 0 Å². The molecule has 3 nitrogen and oxygen atoms in total. The van der Waals surface area contributed by atoms with Gasteiger partial charge in [-0.05, 0) is 37.1 Å². The molecule has 20 heavy (non-hydrogen) atoms. The van der Waals surface area contributed by atoms with Crippen LogP contribution in [0.1, 0.15) is 34.5 Å². The molecule has 1 amide bonds. The fourth-order valence-corrected chi connectivity index (χ4v) is 2.32. The maximum absolute atomic E-state index is 12.4. The Kier molecular flexibility index (Phi) is 4.41. The number of hydrogen-bond donors (Lipinski definition) is 2. The Morgan fingerprint density at radius 2 is 1.70 bits per heavy atom. The van der Waals surface area contributed by atoms with Gasteiger partial charge in [0.1, 0.15) is 0 Å². The van der Waals surface area contributed by atoms with Gasteiger partial charge in [-0.2, -0.15) is 0 Å². The van der Waals surface area contributed by atoms with E-state index in [-0.39, 0.29) is 11.9 Å². The van der Waals surface area contributed by atoms with E-state index in [1.165, 1.54) is 5.56 Å². The summed E-state index contributed by atoms with van der Waals surface area (Å²) in [7, 11) is 1.82. The molecule has 2 aromatic rings. The predicted octanol–water partition coefficient (Wildman–Crippen LogP) is 3.53. The van der Waals surface area contributed by atoms with Crippen LogP contribution in [0.25, 0.3) is 0 Å². The van der Waals surface area contributed by atoms with Gasteiger partial charge in [-0.3, -0.25) is 4.79 Å². The lowest BCUT2D eigenvalue weighted by atomic mass is 10.0. The quantitative estimate of drug-likeness (QED) is 0.890. The molecule has 104 valence electrons. The van der Waals surface area contributed by atoms with Gasteiger partial charge >= 0.3 is 0 Å². The summed E-state index contributed by atoms with van der Waals surface area (Å²) in [4.78, 5) is 12.4. The molecule has 0 saturated carbocycles. The number of rotatable bonds is 4. The molecule has 2 rings (SSSR count). The highest BCUT2D eigenvalue weighted by atomic mass is 16.1. The Labute approximate surface area is 120 Å². The van der Waals surface area contributed by atoms with Crippen LogP contribution >= 0.6 is 0 Å². The first-order chi connectivity index (χ1) is 9.63.